The van der Waals surface area contributed by atoms with Crippen LogP contribution in [0.4, 0.5) is 0 Å². The average molecular weight is 315 g/mol. The number of carbonyl (C=O) groups is 1. The maximum absolute atomic E-state index is 12.8. The van der Waals surface area contributed by atoms with Crippen molar-refractivity contribution < 1.29 is 27.8 Å². The van der Waals surface area contributed by atoms with Gasteiger partial charge >= 0.3 is 5.97 Å². The molecule has 1 atom stereocenters. The standard InChI is InChI=1S/C13H17NO6S/c1-19-11-4-2-3-5-12(11)21(17,18)14-6-7-20-9-10(14)8-13(15)16/h2-5,10H,6-9H2,1H3,(H,15,16). The summed E-state index contributed by atoms with van der Waals surface area (Å²) in [5.74, 6) is -0.830. The van der Waals surface area contributed by atoms with Gasteiger partial charge in [0.25, 0.3) is 0 Å². The number of nitrogens with zero attached hydrogens (tertiary/aromatic N) is 1. The predicted octanol–water partition coefficient (Wildman–Crippen LogP) is 0.559. The van der Waals surface area contributed by atoms with Crippen LogP contribution in [0.1, 0.15) is 6.42 Å². The van der Waals surface area contributed by atoms with E-state index in [-0.39, 0.29) is 36.8 Å². The van der Waals surface area contributed by atoms with E-state index in [4.69, 9.17) is 14.6 Å². The summed E-state index contributed by atoms with van der Waals surface area (Å²) in [6.45, 7) is 0.434. The van der Waals surface area contributed by atoms with Crippen molar-refractivity contribution in [3.63, 3.8) is 0 Å². The second-order valence-electron chi connectivity index (χ2n) is 4.59. The molecule has 1 heterocycles. The third-order valence-corrected chi connectivity index (χ3v) is 5.23. The maximum Gasteiger partial charge on any atom is 0.305 e. The minimum absolute atomic E-state index is 0.0322. The molecule has 8 heteroatoms. The molecule has 1 aromatic rings. The zero-order valence-corrected chi connectivity index (χ0v) is 12.4. The summed E-state index contributed by atoms with van der Waals surface area (Å²) in [6.07, 6.45) is -0.297. The number of carboxylic acid groups (broad SMARTS) is 1. The fourth-order valence-electron chi connectivity index (χ4n) is 2.28. The van der Waals surface area contributed by atoms with Gasteiger partial charge in [0.05, 0.1) is 32.8 Å². The molecular weight excluding hydrogens is 298 g/mol. The maximum atomic E-state index is 12.8. The number of methoxy groups -OCH3 is 1. The first kappa shape index (κ1) is 15.7. The Morgan fingerprint density at radius 3 is 2.86 bits per heavy atom. The summed E-state index contributed by atoms with van der Waals surface area (Å²) in [6, 6.07) is 5.56. The zero-order valence-electron chi connectivity index (χ0n) is 11.6. The van der Waals surface area contributed by atoms with E-state index in [9.17, 15) is 13.2 Å². The molecule has 0 spiro atoms. The molecule has 0 radical (unpaired) electrons. The van der Waals surface area contributed by atoms with Crippen LogP contribution in [0.5, 0.6) is 5.75 Å². The lowest BCUT2D eigenvalue weighted by atomic mass is 10.2. The molecule has 0 bridgehead atoms. The Balaban J connectivity index is 2.38. The van der Waals surface area contributed by atoms with Gasteiger partial charge in [-0.1, -0.05) is 12.1 Å². The van der Waals surface area contributed by atoms with Gasteiger partial charge in [0, 0.05) is 6.54 Å². The molecule has 2 rings (SSSR count). The minimum Gasteiger partial charge on any atom is -0.495 e. The average Bonchev–Trinajstić information content (AvgIpc) is 2.47. The van der Waals surface area contributed by atoms with E-state index in [0.717, 1.165) is 0 Å². The number of benzene rings is 1. The van der Waals surface area contributed by atoms with E-state index in [1.54, 1.807) is 18.2 Å². The van der Waals surface area contributed by atoms with E-state index in [2.05, 4.69) is 0 Å². The SMILES string of the molecule is COc1ccccc1S(=O)(=O)N1CCOCC1CC(=O)O. The van der Waals surface area contributed by atoms with Crippen molar-refractivity contribution in [3.05, 3.63) is 24.3 Å². The molecule has 116 valence electrons. The van der Waals surface area contributed by atoms with Crippen molar-refractivity contribution in [3.8, 4) is 5.75 Å². The van der Waals surface area contributed by atoms with Crippen molar-refractivity contribution in [1.82, 2.24) is 4.31 Å². The van der Waals surface area contributed by atoms with E-state index in [0.29, 0.717) is 0 Å². The number of aliphatic carboxylic acids is 1. The van der Waals surface area contributed by atoms with Crippen LogP contribution in [-0.2, 0) is 19.6 Å². The Morgan fingerprint density at radius 2 is 2.19 bits per heavy atom. The van der Waals surface area contributed by atoms with Crippen LogP contribution in [0.25, 0.3) is 0 Å². The summed E-state index contributed by atoms with van der Waals surface area (Å²) in [5.41, 5.74) is 0. The van der Waals surface area contributed by atoms with E-state index in [1.807, 2.05) is 0 Å². The molecule has 1 fully saturated rings. The normalized spacial score (nSPS) is 20.1. The van der Waals surface area contributed by atoms with Gasteiger partial charge in [-0.05, 0) is 12.1 Å². The van der Waals surface area contributed by atoms with Gasteiger partial charge in [-0.25, -0.2) is 8.42 Å². The lowest BCUT2D eigenvalue weighted by molar-refractivity contribution is -0.139. The lowest BCUT2D eigenvalue weighted by Crippen LogP contribution is -2.49. The fourth-order valence-corrected chi connectivity index (χ4v) is 4.03. The number of ether oxygens (including phenoxy) is 2. The fraction of sp³-hybridized carbons (Fsp3) is 0.462. The first-order valence-electron chi connectivity index (χ1n) is 6.41. The minimum atomic E-state index is -3.83. The third kappa shape index (κ3) is 3.34. The molecule has 0 saturated carbocycles. The summed E-state index contributed by atoms with van der Waals surface area (Å²) in [4.78, 5) is 10.9. The molecule has 7 nitrogen and oxygen atoms in total. The molecule has 0 aromatic heterocycles. The van der Waals surface area contributed by atoms with Crippen molar-refractivity contribution in [1.29, 1.82) is 0 Å². The summed E-state index contributed by atoms with van der Waals surface area (Å²) < 4.78 is 37.0. The van der Waals surface area contributed by atoms with Gasteiger partial charge in [-0.2, -0.15) is 4.31 Å². The van der Waals surface area contributed by atoms with Gasteiger partial charge in [0.1, 0.15) is 10.6 Å². The van der Waals surface area contributed by atoms with Crippen molar-refractivity contribution >= 4 is 16.0 Å². The molecule has 1 saturated heterocycles. The predicted molar refractivity (Wildman–Crippen MR) is 73.7 cm³/mol. The van der Waals surface area contributed by atoms with E-state index < -0.39 is 22.0 Å². The monoisotopic (exact) mass is 315 g/mol. The van der Waals surface area contributed by atoms with Crippen LogP contribution in [0.2, 0.25) is 0 Å². The largest absolute Gasteiger partial charge is 0.495 e. The molecule has 0 amide bonds. The smallest absolute Gasteiger partial charge is 0.305 e. The highest BCUT2D eigenvalue weighted by molar-refractivity contribution is 7.89. The number of carboxylic acids is 1. The van der Waals surface area contributed by atoms with Crippen LogP contribution >= 0.6 is 0 Å². The first-order valence-corrected chi connectivity index (χ1v) is 7.85. The van der Waals surface area contributed by atoms with Crippen LogP contribution in [-0.4, -0.2) is 56.7 Å². The number of para-hydroxylation sites is 1. The Labute approximate surface area is 123 Å². The van der Waals surface area contributed by atoms with Crippen LogP contribution in [0.3, 0.4) is 0 Å². The number of morpholine rings is 1. The number of hydrogen-bond donors (Lipinski definition) is 1. The van der Waals surface area contributed by atoms with Gasteiger partial charge in [0.2, 0.25) is 10.0 Å². The Hall–Kier alpha value is -1.64. The van der Waals surface area contributed by atoms with Crippen LogP contribution in [0.15, 0.2) is 29.2 Å². The molecule has 1 unspecified atom stereocenters. The van der Waals surface area contributed by atoms with Gasteiger partial charge < -0.3 is 14.6 Å². The van der Waals surface area contributed by atoms with E-state index >= 15 is 0 Å². The summed E-state index contributed by atoms with van der Waals surface area (Å²) in [5, 5.41) is 8.92. The Morgan fingerprint density at radius 1 is 1.48 bits per heavy atom. The second-order valence-corrected chi connectivity index (χ2v) is 6.45. The van der Waals surface area contributed by atoms with Gasteiger partial charge in [-0.3, -0.25) is 4.79 Å². The van der Waals surface area contributed by atoms with Gasteiger partial charge in [0.15, 0.2) is 0 Å². The Kier molecular flexibility index (Phi) is 4.81. The van der Waals surface area contributed by atoms with Crippen molar-refractivity contribution in [2.45, 2.75) is 17.4 Å². The molecule has 1 aliphatic rings. The molecule has 1 aliphatic heterocycles. The molecule has 1 N–H and O–H groups in total. The Bertz CT molecular complexity index is 615. The zero-order chi connectivity index (χ0) is 15.5. The highest BCUT2D eigenvalue weighted by Crippen LogP contribution is 2.29. The second kappa shape index (κ2) is 6.42. The first-order chi connectivity index (χ1) is 9.96. The molecule has 21 heavy (non-hydrogen) atoms. The molecular formula is C13H17NO6S. The summed E-state index contributed by atoms with van der Waals surface area (Å²) in [7, 11) is -2.44. The van der Waals surface area contributed by atoms with Crippen molar-refractivity contribution in [2.75, 3.05) is 26.9 Å². The quantitative estimate of drug-likeness (QED) is 0.853. The van der Waals surface area contributed by atoms with Crippen molar-refractivity contribution in [2.24, 2.45) is 0 Å². The highest BCUT2D eigenvalue weighted by Gasteiger charge is 2.36. The number of rotatable bonds is 5. The van der Waals surface area contributed by atoms with Gasteiger partial charge in [-0.15, -0.1) is 0 Å². The summed E-state index contributed by atoms with van der Waals surface area (Å²) >= 11 is 0. The number of sulfonamides is 1. The highest BCUT2D eigenvalue weighted by atomic mass is 32.2. The lowest BCUT2D eigenvalue weighted by Gasteiger charge is -2.33. The molecule has 0 aliphatic carbocycles. The number of hydrogen-bond acceptors (Lipinski definition) is 5. The van der Waals surface area contributed by atoms with E-state index in [1.165, 1.54) is 17.5 Å². The van der Waals surface area contributed by atoms with Crippen LogP contribution < -0.4 is 4.74 Å². The topological polar surface area (TPSA) is 93.1 Å². The third-order valence-electron chi connectivity index (χ3n) is 3.24. The molecule has 1 aromatic carbocycles. The van der Waals surface area contributed by atoms with Crippen LogP contribution in [0, 0.1) is 0 Å².